The molecule has 1 N–H and O–H groups in total. The van der Waals surface area contributed by atoms with Crippen molar-refractivity contribution in [1.82, 2.24) is 10.2 Å². The second-order valence-electron chi connectivity index (χ2n) is 5.55. The van der Waals surface area contributed by atoms with Crippen molar-refractivity contribution in [3.63, 3.8) is 0 Å². The number of hydrogen-bond acceptors (Lipinski definition) is 5. The highest BCUT2D eigenvalue weighted by Crippen LogP contribution is 2.33. The smallest absolute Gasteiger partial charge is 0.253 e. The molecule has 6 nitrogen and oxygen atoms in total. The Morgan fingerprint density at radius 2 is 2.00 bits per heavy atom. The van der Waals surface area contributed by atoms with E-state index in [1.54, 1.807) is 14.2 Å². The van der Waals surface area contributed by atoms with Crippen LogP contribution in [-0.4, -0.2) is 57.4 Å². The molecule has 1 fully saturated rings. The molecule has 2 aliphatic rings. The van der Waals surface area contributed by atoms with Crippen molar-refractivity contribution < 1.29 is 19.0 Å². The normalized spacial score (nSPS) is 21.2. The molecular formula is C16H22N2O4. The fourth-order valence-electron chi connectivity index (χ4n) is 3.00. The van der Waals surface area contributed by atoms with Gasteiger partial charge in [0, 0.05) is 26.2 Å². The molecule has 6 heteroatoms. The van der Waals surface area contributed by atoms with Crippen LogP contribution in [0, 0.1) is 0 Å². The molecule has 0 spiro atoms. The van der Waals surface area contributed by atoms with Gasteiger partial charge in [-0.3, -0.25) is 4.79 Å². The van der Waals surface area contributed by atoms with Crippen molar-refractivity contribution in [2.24, 2.45) is 0 Å². The van der Waals surface area contributed by atoms with E-state index < -0.39 is 0 Å². The van der Waals surface area contributed by atoms with E-state index in [-0.39, 0.29) is 12.0 Å². The molecule has 0 saturated carbocycles. The standard InChI is InChI=1S/C16H22N2O4/c1-20-13-7-11-3-5-18(10-12(11)8-14(13)21-2)16(19)15-9-17-4-6-22-15/h7-8,15,17H,3-6,9-10H2,1-2H3/t15-/m1/s1. The van der Waals surface area contributed by atoms with Crippen molar-refractivity contribution >= 4 is 5.91 Å². The largest absolute Gasteiger partial charge is 0.493 e. The van der Waals surface area contributed by atoms with Crippen LogP contribution in [0.25, 0.3) is 0 Å². The first kappa shape index (κ1) is 15.1. The highest BCUT2D eigenvalue weighted by Gasteiger charge is 2.29. The summed E-state index contributed by atoms with van der Waals surface area (Å²) in [5.41, 5.74) is 2.32. The van der Waals surface area contributed by atoms with Gasteiger partial charge in [0.15, 0.2) is 11.5 Å². The van der Waals surface area contributed by atoms with Crippen molar-refractivity contribution in [3.8, 4) is 11.5 Å². The van der Waals surface area contributed by atoms with Crippen LogP contribution in [0.3, 0.4) is 0 Å². The van der Waals surface area contributed by atoms with E-state index in [1.807, 2.05) is 17.0 Å². The van der Waals surface area contributed by atoms with Gasteiger partial charge in [-0.2, -0.15) is 0 Å². The average Bonchev–Trinajstić information content (AvgIpc) is 2.60. The molecule has 1 atom stereocenters. The Bertz CT molecular complexity index is 555. The lowest BCUT2D eigenvalue weighted by molar-refractivity contribution is -0.146. The number of carbonyl (C=O) groups excluding carboxylic acids is 1. The predicted octanol–water partition coefficient (Wildman–Crippen LogP) is 0.577. The summed E-state index contributed by atoms with van der Waals surface area (Å²) >= 11 is 0. The zero-order valence-electron chi connectivity index (χ0n) is 13.1. The van der Waals surface area contributed by atoms with Gasteiger partial charge in [-0.1, -0.05) is 0 Å². The first-order valence-electron chi connectivity index (χ1n) is 7.58. The van der Waals surface area contributed by atoms with Gasteiger partial charge in [-0.25, -0.2) is 0 Å². The first-order chi connectivity index (χ1) is 10.7. The van der Waals surface area contributed by atoms with E-state index in [1.165, 1.54) is 5.56 Å². The minimum Gasteiger partial charge on any atom is -0.493 e. The summed E-state index contributed by atoms with van der Waals surface area (Å²) < 4.78 is 16.3. The Morgan fingerprint density at radius 1 is 1.27 bits per heavy atom. The monoisotopic (exact) mass is 306 g/mol. The molecule has 22 heavy (non-hydrogen) atoms. The van der Waals surface area contributed by atoms with Crippen LogP contribution >= 0.6 is 0 Å². The van der Waals surface area contributed by atoms with Crippen LogP contribution < -0.4 is 14.8 Å². The van der Waals surface area contributed by atoms with E-state index in [2.05, 4.69) is 5.32 Å². The van der Waals surface area contributed by atoms with Crippen LogP contribution in [-0.2, 0) is 22.5 Å². The molecule has 0 aromatic heterocycles. The summed E-state index contributed by atoms with van der Waals surface area (Å²) in [6, 6.07) is 3.97. The minimum absolute atomic E-state index is 0.0626. The lowest BCUT2D eigenvalue weighted by Crippen LogP contribution is -2.50. The number of carbonyl (C=O) groups is 1. The van der Waals surface area contributed by atoms with Crippen molar-refractivity contribution in [1.29, 1.82) is 0 Å². The first-order valence-corrected chi connectivity index (χ1v) is 7.58. The Labute approximate surface area is 130 Å². The number of nitrogens with zero attached hydrogens (tertiary/aromatic N) is 1. The lowest BCUT2D eigenvalue weighted by Gasteiger charge is -2.33. The zero-order valence-corrected chi connectivity index (χ0v) is 13.1. The van der Waals surface area contributed by atoms with E-state index in [0.29, 0.717) is 32.0 Å². The van der Waals surface area contributed by atoms with Gasteiger partial charge in [0.1, 0.15) is 6.10 Å². The fraction of sp³-hybridized carbons (Fsp3) is 0.562. The van der Waals surface area contributed by atoms with Crippen LogP contribution in [0.5, 0.6) is 11.5 Å². The maximum Gasteiger partial charge on any atom is 0.253 e. The highest BCUT2D eigenvalue weighted by molar-refractivity contribution is 5.81. The molecule has 120 valence electrons. The number of methoxy groups -OCH3 is 2. The van der Waals surface area contributed by atoms with Crippen molar-refractivity contribution in [2.45, 2.75) is 19.1 Å². The van der Waals surface area contributed by atoms with E-state index in [0.717, 1.165) is 24.3 Å². The van der Waals surface area contributed by atoms with Gasteiger partial charge in [0.25, 0.3) is 5.91 Å². The van der Waals surface area contributed by atoms with E-state index in [9.17, 15) is 4.79 Å². The summed E-state index contributed by atoms with van der Waals surface area (Å²) in [6.07, 6.45) is 0.456. The summed E-state index contributed by atoms with van der Waals surface area (Å²) in [6.45, 7) is 3.29. The molecule has 3 rings (SSSR count). The Hall–Kier alpha value is -1.79. The van der Waals surface area contributed by atoms with Crippen LogP contribution in [0.15, 0.2) is 12.1 Å². The number of nitrogens with one attached hydrogen (secondary N) is 1. The summed E-state index contributed by atoms with van der Waals surface area (Å²) in [5, 5.41) is 3.20. The van der Waals surface area contributed by atoms with Gasteiger partial charge in [-0.15, -0.1) is 0 Å². The maximum atomic E-state index is 12.5. The van der Waals surface area contributed by atoms with Crippen LogP contribution in [0.2, 0.25) is 0 Å². The van der Waals surface area contributed by atoms with E-state index in [4.69, 9.17) is 14.2 Å². The number of morpholine rings is 1. The number of benzene rings is 1. The second kappa shape index (κ2) is 6.54. The van der Waals surface area contributed by atoms with Gasteiger partial charge in [-0.05, 0) is 29.7 Å². The summed E-state index contributed by atoms with van der Waals surface area (Å²) in [7, 11) is 3.26. The van der Waals surface area contributed by atoms with Gasteiger partial charge < -0.3 is 24.4 Å². The number of hydrogen-bond donors (Lipinski definition) is 1. The Morgan fingerprint density at radius 3 is 2.64 bits per heavy atom. The molecule has 0 bridgehead atoms. The number of rotatable bonds is 3. The quantitative estimate of drug-likeness (QED) is 0.885. The summed E-state index contributed by atoms with van der Waals surface area (Å²) in [4.78, 5) is 14.4. The molecule has 1 aromatic rings. The molecule has 2 heterocycles. The Balaban J connectivity index is 1.76. The average molecular weight is 306 g/mol. The predicted molar refractivity (Wildman–Crippen MR) is 81.3 cm³/mol. The van der Waals surface area contributed by atoms with Gasteiger partial charge >= 0.3 is 0 Å². The SMILES string of the molecule is COc1cc2c(cc1OC)CN(C(=O)[C@H]1CNCCO1)CC2. The maximum absolute atomic E-state index is 12.5. The fourth-order valence-corrected chi connectivity index (χ4v) is 3.00. The third-order valence-corrected chi connectivity index (χ3v) is 4.23. The topological polar surface area (TPSA) is 60.0 Å². The number of ether oxygens (including phenoxy) is 3. The third-order valence-electron chi connectivity index (χ3n) is 4.23. The van der Waals surface area contributed by atoms with Crippen molar-refractivity contribution in [2.75, 3.05) is 40.5 Å². The molecule has 0 radical (unpaired) electrons. The highest BCUT2D eigenvalue weighted by atomic mass is 16.5. The number of amides is 1. The van der Waals surface area contributed by atoms with E-state index >= 15 is 0 Å². The molecule has 1 saturated heterocycles. The Kier molecular flexibility index (Phi) is 4.49. The number of fused-ring (bicyclic) bond motifs is 1. The van der Waals surface area contributed by atoms with Gasteiger partial charge in [0.05, 0.1) is 20.8 Å². The summed E-state index contributed by atoms with van der Waals surface area (Å²) in [5.74, 6) is 1.50. The van der Waals surface area contributed by atoms with Crippen LogP contribution in [0.1, 0.15) is 11.1 Å². The molecule has 2 aliphatic heterocycles. The molecule has 0 unspecified atom stereocenters. The minimum atomic E-state index is -0.365. The van der Waals surface area contributed by atoms with Crippen LogP contribution in [0.4, 0.5) is 0 Å². The lowest BCUT2D eigenvalue weighted by atomic mass is 9.98. The molecule has 0 aliphatic carbocycles. The molecule has 1 amide bonds. The molecular weight excluding hydrogens is 284 g/mol. The molecule has 1 aromatic carbocycles. The second-order valence-corrected chi connectivity index (χ2v) is 5.55. The zero-order chi connectivity index (χ0) is 15.5. The third kappa shape index (κ3) is 2.89. The van der Waals surface area contributed by atoms with Crippen molar-refractivity contribution in [3.05, 3.63) is 23.3 Å². The van der Waals surface area contributed by atoms with Gasteiger partial charge in [0.2, 0.25) is 0 Å².